The summed E-state index contributed by atoms with van der Waals surface area (Å²) in [4.78, 5) is 26.7. The van der Waals surface area contributed by atoms with Gasteiger partial charge in [0.2, 0.25) is 0 Å². The molecule has 1 heterocycles. The molecular weight excluding hydrogens is 363 g/mol. The van der Waals surface area contributed by atoms with Gasteiger partial charge >= 0.3 is 6.18 Å². The molecule has 146 valence electrons. The minimum atomic E-state index is -4.47. The van der Waals surface area contributed by atoms with E-state index in [0.29, 0.717) is 6.54 Å². The van der Waals surface area contributed by atoms with Crippen LogP contribution in [0.1, 0.15) is 52.1 Å². The molecule has 9 heteroatoms. The molecule has 0 fully saturated rings. The van der Waals surface area contributed by atoms with Crippen LogP contribution in [0.25, 0.3) is 0 Å². The van der Waals surface area contributed by atoms with E-state index in [1.165, 1.54) is 25.2 Å². The lowest BCUT2D eigenvalue weighted by atomic mass is 10.1. The van der Waals surface area contributed by atoms with Crippen LogP contribution >= 0.6 is 0 Å². The van der Waals surface area contributed by atoms with E-state index >= 15 is 0 Å². The van der Waals surface area contributed by atoms with Gasteiger partial charge in [-0.15, -0.1) is 0 Å². The van der Waals surface area contributed by atoms with E-state index in [9.17, 15) is 22.8 Å². The Morgan fingerprint density at radius 1 is 1.22 bits per heavy atom. The van der Waals surface area contributed by atoms with Gasteiger partial charge in [-0.25, -0.2) is 0 Å². The highest BCUT2D eigenvalue weighted by molar-refractivity contribution is 5.99. The first-order valence-corrected chi connectivity index (χ1v) is 8.24. The first-order valence-electron chi connectivity index (χ1n) is 8.24. The average Bonchev–Trinajstić information content (AvgIpc) is 3.04. The fourth-order valence-electron chi connectivity index (χ4n) is 2.43. The van der Waals surface area contributed by atoms with Gasteiger partial charge in [-0.1, -0.05) is 12.1 Å². The van der Waals surface area contributed by atoms with Gasteiger partial charge in [0.1, 0.15) is 17.5 Å². The standard InChI is InChI=1S/C18H20F3N3O3/c1-4-23-16(25)13-9-14(15(24-13)17(26)22-3)27-10(2)11-6-5-7-12(8-11)18(19,20)21/h5-10,24H,4H2,1-3H3,(H,22,26)(H,23,25)/t10-/m0/s1. The van der Waals surface area contributed by atoms with Crippen LogP contribution in [-0.4, -0.2) is 30.4 Å². The lowest BCUT2D eigenvalue weighted by molar-refractivity contribution is -0.137. The van der Waals surface area contributed by atoms with E-state index in [0.717, 1.165) is 12.1 Å². The van der Waals surface area contributed by atoms with Crippen molar-refractivity contribution in [1.29, 1.82) is 0 Å². The number of hydrogen-bond acceptors (Lipinski definition) is 3. The van der Waals surface area contributed by atoms with Gasteiger partial charge in [0.25, 0.3) is 11.8 Å². The van der Waals surface area contributed by atoms with Crippen molar-refractivity contribution in [2.45, 2.75) is 26.1 Å². The Labute approximate surface area is 154 Å². The SMILES string of the molecule is CCNC(=O)c1cc(O[C@@H](C)c2cccc(C(F)(F)F)c2)c(C(=O)NC)[nH]1. The van der Waals surface area contributed by atoms with E-state index in [4.69, 9.17) is 4.74 Å². The topological polar surface area (TPSA) is 83.2 Å². The number of halogens is 3. The molecule has 6 nitrogen and oxygen atoms in total. The third-order valence-electron chi connectivity index (χ3n) is 3.80. The van der Waals surface area contributed by atoms with Crippen molar-refractivity contribution < 1.29 is 27.5 Å². The van der Waals surface area contributed by atoms with Crippen LogP contribution < -0.4 is 15.4 Å². The molecule has 0 saturated carbocycles. The van der Waals surface area contributed by atoms with Gasteiger partial charge < -0.3 is 20.4 Å². The second-order valence-electron chi connectivity index (χ2n) is 5.74. The summed E-state index contributed by atoms with van der Waals surface area (Å²) >= 11 is 0. The zero-order valence-corrected chi connectivity index (χ0v) is 15.0. The van der Waals surface area contributed by atoms with Gasteiger partial charge in [0.15, 0.2) is 5.75 Å². The molecule has 1 atom stereocenters. The van der Waals surface area contributed by atoms with Gasteiger partial charge in [0, 0.05) is 19.7 Å². The summed E-state index contributed by atoms with van der Waals surface area (Å²) in [6.07, 6.45) is -5.25. The fraction of sp³-hybridized carbons (Fsp3) is 0.333. The number of hydrogen-bond donors (Lipinski definition) is 3. The van der Waals surface area contributed by atoms with Crippen LogP contribution in [-0.2, 0) is 6.18 Å². The second kappa shape index (κ2) is 8.15. The Kier molecular flexibility index (Phi) is 6.14. The minimum absolute atomic E-state index is 0.0116. The van der Waals surface area contributed by atoms with Crippen molar-refractivity contribution in [3.05, 3.63) is 52.8 Å². The van der Waals surface area contributed by atoms with Crippen LogP contribution in [0, 0.1) is 0 Å². The molecule has 0 radical (unpaired) electrons. The summed E-state index contributed by atoms with van der Waals surface area (Å²) in [6, 6.07) is 6.09. The number of H-pyrrole nitrogens is 1. The molecule has 27 heavy (non-hydrogen) atoms. The third kappa shape index (κ3) is 4.81. The van der Waals surface area contributed by atoms with Crippen LogP contribution in [0.5, 0.6) is 5.75 Å². The molecule has 0 spiro atoms. The predicted molar refractivity (Wildman–Crippen MR) is 92.7 cm³/mol. The summed E-state index contributed by atoms with van der Waals surface area (Å²) in [5.74, 6) is -0.874. The van der Waals surface area contributed by atoms with Crippen LogP contribution in [0.15, 0.2) is 30.3 Å². The lowest BCUT2D eigenvalue weighted by Crippen LogP contribution is -2.23. The van der Waals surface area contributed by atoms with E-state index < -0.39 is 29.7 Å². The van der Waals surface area contributed by atoms with Crippen molar-refractivity contribution in [3.63, 3.8) is 0 Å². The number of nitrogens with one attached hydrogen (secondary N) is 3. The number of aromatic nitrogens is 1. The molecule has 2 amide bonds. The second-order valence-corrected chi connectivity index (χ2v) is 5.74. The number of alkyl halides is 3. The minimum Gasteiger partial charge on any atom is -0.484 e. The largest absolute Gasteiger partial charge is 0.484 e. The first-order chi connectivity index (χ1) is 12.7. The molecule has 0 aliphatic heterocycles. The zero-order chi connectivity index (χ0) is 20.2. The fourth-order valence-corrected chi connectivity index (χ4v) is 2.43. The monoisotopic (exact) mass is 383 g/mol. The smallest absolute Gasteiger partial charge is 0.416 e. The maximum Gasteiger partial charge on any atom is 0.416 e. The van der Waals surface area contributed by atoms with Crippen molar-refractivity contribution in [3.8, 4) is 5.75 Å². The Hall–Kier alpha value is -2.97. The molecule has 0 aliphatic rings. The highest BCUT2D eigenvalue weighted by Crippen LogP contribution is 2.32. The summed E-state index contributed by atoms with van der Waals surface area (Å²) in [5.41, 5.74) is -0.383. The average molecular weight is 383 g/mol. The molecule has 0 unspecified atom stereocenters. The van der Waals surface area contributed by atoms with Gasteiger partial charge in [-0.05, 0) is 31.5 Å². The number of aromatic amines is 1. The summed E-state index contributed by atoms with van der Waals surface area (Å²) in [5, 5.41) is 5.00. The molecule has 1 aromatic carbocycles. The number of ether oxygens (including phenoxy) is 1. The molecule has 1 aromatic heterocycles. The molecule has 0 saturated heterocycles. The van der Waals surface area contributed by atoms with Gasteiger partial charge in [-0.2, -0.15) is 13.2 Å². The van der Waals surface area contributed by atoms with Crippen molar-refractivity contribution in [1.82, 2.24) is 15.6 Å². The van der Waals surface area contributed by atoms with Crippen molar-refractivity contribution >= 4 is 11.8 Å². The molecule has 0 aliphatic carbocycles. The van der Waals surface area contributed by atoms with Crippen LogP contribution in [0.4, 0.5) is 13.2 Å². The Bertz CT molecular complexity index is 831. The normalized spacial score (nSPS) is 12.4. The van der Waals surface area contributed by atoms with Crippen molar-refractivity contribution in [2.75, 3.05) is 13.6 Å². The number of carbonyl (C=O) groups excluding carboxylic acids is 2. The summed E-state index contributed by atoms with van der Waals surface area (Å²) < 4.78 is 44.4. The van der Waals surface area contributed by atoms with E-state index in [2.05, 4.69) is 15.6 Å². The lowest BCUT2D eigenvalue weighted by Gasteiger charge is -2.16. The molecule has 2 aromatic rings. The van der Waals surface area contributed by atoms with Crippen LogP contribution in [0.3, 0.4) is 0 Å². The van der Waals surface area contributed by atoms with E-state index in [1.54, 1.807) is 13.8 Å². The highest BCUT2D eigenvalue weighted by Gasteiger charge is 2.31. The van der Waals surface area contributed by atoms with Gasteiger partial charge in [0.05, 0.1) is 5.56 Å². The van der Waals surface area contributed by atoms with Gasteiger partial charge in [-0.3, -0.25) is 9.59 Å². The maximum atomic E-state index is 12.9. The van der Waals surface area contributed by atoms with Crippen LogP contribution in [0.2, 0.25) is 0 Å². The molecule has 2 rings (SSSR count). The van der Waals surface area contributed by atoms with E-state index in [1.807, 2.05) is 0 Å². The first kappa shape index (κ1) is 20.3. The number of carbonyl (C=O) groups is 2. The number of amides is 2. The zero-order valence-electron chi connectivity index (χ0n) is 15.0. The predicted octanol–water partition coefficient (Wildman–Crippen LogP) is 3.28. The molecule has 3 N–H and O–H groups in total. The van der Waals surface area contributed by atoms with E-state index in [-0.39, 0.29) is 22.7 Å². The molecule has 0 bridgehead atoms. The van der Waals surface area contributed by atoms with Crippen molar-refractivity contribution in [2.24, 2.45) is 0 Å². The molecular formula is C18H20F3N3O3. The number of benzene rings is 1. The highest BCUT2D eigenvalue weighted by atomic mass is 19.4. The maximum absolute atomic E-state index is 12.9. The third-order valence-corrected chi connectivity index (χ3v) is 3.80. The number of rotatable bonds is 6. The Morgan fingerprint density at radius 2 is 1.93 bits per heavy atom. The summed E-state index contributed by atoms with van der Waals surface area (Å²) in [6.45, 7) is 3.69. The Morgan fingerprint density at radius 3 is 2.52 bits per heavy atom. The quantitative estimate of drug-likeness (QED) is 0.716. The Balaban J connectivity index is 2.32. The summed E-state index contributed by atoms with van der Waals surface area (Å²) in [7, 11) is 1.41.